The molecule has 0 amide bonds. The molecule has 9 nitrogen and oxygen atoms in total. The Kier molecular flexibility index (Phi) is 8.64. The summed E-state index contributed by atoms with van der Waals surface area (Å²) in [6.45, 7) is 2.02. The maximum atomic E-state index is 12.1. The predicted molar refractivity (Wildman–Crippen MR) is 148 cm³/mol. The van der Waals surface area contributed by atoms with Crippen molar-refractivity contribution in [3.63, 3.8) is 0 Å². The number of aromatic hydroxyl groups is 1. The van der Waals surface area contributed by atoms with E-state index in [9.17, 15) is 24.9 Å². The van der Waals surface area contributed by atoms with Crippen LogP contribution in [0.2, 0.25) is 0 Å². The molecule has 2 heterocycles. The standard InChI is InChI=1S/C21H27NO4.C10H18O4/c23-14-5-4-13-10-16-21(25)7-6-15(24)19-20(21,17(13)18(14)26-19)8-9-22(16)11-12-2-1-3-12;11-9(12)7-5-3-1-2-4-6-8-10(13)14/h4-5,12,15-16,19,23-25H,1-3,6-11H2;1-8H2,(H,11,12)(H,13,14)/t15-,16+,19-,20-,21+;/m0./s1. The number of phenolic OH excluding ortho intramolecular Hbond substituents is 1. The van der Waals surface area contributed by atoms with Crippen molar-refractivity contribution in [2.75, 3.05) is 13.1 Å². The number of rotatable bonds is 11. The van der Waals surface area contributed by atoms with E-state index in [0.29, 0.717) is 18.6 Å². The Morgan fingerprint density at radius 3 is 2.20 bits per heavy atom. The molecule has 6 rings (SSSR count). The van der Waals surface area contributed by atoms with Crippen molar-refractivity contribution in [2.45, 2.75) is 126 Å². The lowest BCUT2D eigenvalue weighted by molar-refractivity contribution is -0.209. The third kappa shape index (κ3) is 5.21. The van der Waals surface area contributed by atoms with Crippen molar-refractivity contribution in [3.8, 4) is 11.5 Å². The molecule has 2 aliphatic heterocycles. The maximum Gasteiger partial charge on any atom is 0.303 e. The van der Waals surface area contributed by atoms with Crippen LogP contribution in [-0.4, -0.2) is 79.3 Å². The summed E-state index contributed by atoms with van der Waals surface area (Å²) in [7, 11) is 0. The van der Waals surface area contributed by atoms with Gasteiger partial charge in [-0.25, -0.2) is 0 Å². The van der Waals surface area contributed by atoms with Crippen molar-refractivity contribution < 1.29 is 39.9 Å². The van der Waals surface area contributed by atoms with E-state index in [1.165, 1.54) is 24.8 Å². The summed E-state index contributed by atoms with van der Waals surface area (Å²) in [5.41, 5.74) is 0.712. The number of aliphatic carboxylic acids is 2. The molecule has 1 aromatic rings. The van der Waals surface area contributed by atoms with Crippen LogP contribution in [0.1, 0.15) is 101 Å². The van der Waals surface area contributed by atoms with E-state index in [-0.39, 0.29) is 24.6 Å². The molecule has 9 heteroatoms. The predicted octanol–water partition coefficient (Wildman–Crippen LogP) is 3.98. The fraction of sp³-hybridized carbons (Fsp3) is 0.742. The Balaban J connectivity index is 0.000000199. The summed E-state index contributed by atoms with van der Waals surface area (Å²) in [5, 5.41) is 49.9. The van der Waals surface area contributed by atoms with E-state index in [0.717, 1.165) is 75.9 Å². The van der Waals surface area contributed by atoms with Crippen LogP contribution in [0.4, 0.5) is 0 Å². The van der Waals surface area contributed by atoms with Gasteiger partial charge >= 0.3 is 11.9 Å². The minimum atomic E-state index is -0.884. The van der Waals surface area contributed by atoms with E-state index in [4.69, 9.17) is 14.9 Å². The molecular formula is C31H45NO8. The summed E-state index contributed by atoms with van der Waals surface area (Å²) in [5.74, 6) is -0.0591. The van der Waals surface area contributed by atoms with E-state index < -0.39 is 35.2 Å². The van der Waals surface area contributed by atoms with Crippen molar-refractivity contribution in [1.82, 2.24) is 4.90 Å². The van der Waals surface area contributed by atoms with Gasteiger partial charge in [-0.05, 0) is 75.5 Å². The molecule has 1 aromatic carbocycles. The first kappa shape index (κ1) is 29.1. The number of aliphatic hydroxyl groups is 2. The average molecular weight is 560 g/mol. The molecule has 222 valence electrons. The highest BCUT2D eigenvalue weighted by molar-refractivity contribution is 5.67. The number of ether oxygens (including phenoxy) is 1. The monoisotopic (exact) mass is 559 g/mol. The molecule has 3 fully saturated rings. The van der Waals surface area contributed by atoms with Gasteiger partial charge in [0, 0.05) is 31.0 Å². The summed E-state index contributed by atoms with van der Waals surface area (Å²) in [6, 6.07) is 3.80. The molecule has 0 unspecified atom stereocenters. The average Bonchev–Trinajstić information content (AvgIpc) is 3.24. The van der Waals surface area contributed by atoms with Crippen LogP contribution in [0.15, 0.2) is 12.1 Å². The summed E-state index contributed by atoms with van der Waals surface area (Å²) in [6.07, 6.45) is 11.5. The molecule has 2 bridgehead atoms. The lowest BCUT2D eigenvalue weighted by Gasteiger charge is -2.64. The van der Waals surface area contributed by atoms with E-state index >= 15 is 0 Å². The van der Waals surface area contributed by atoms with Gasteiger partial charge in [-0.2, -0.15) is 0 Å². The number of hydrogen-bond acceptors (Lipinski definition) is 7. The number of carboxylic acids is 2. The topological polar surface area (TPSA) is 148 Å². The number of nitrogens with zero attached hydrogens (tertiary/aromatic N) is 1. The summed E-state index contributed by atoms with van der Waals surface area (Å²) >= 11 is 0. The van der Waals surface area contributed by atoms with Crippen LogP contribution < -0.4 is 4.74 Å². The molecule has 5 N–H and O–H groups in total. The first-order chi connectivity index (χ1) is 19.2. The third-order valence-electron chi connectivity index (χ3n) is 10.3. The minimum Gasteiger partial charge on any atom is -0.504 e. The first-order valence-electron chi connectivity index (χ1n) is 15.3. The van der Waals surface area contributed by atoms with Crippen LogP contribution in [0, 0.1) is 5.92 Å². The Bertz CT molecular complexity index is 1070. The highest BCUT2D eigenvalue weighted by atomic mass is 16.5. The number of aliphatic hydroxyl groups excluding tert-OH is 1. The van der Waals surface area contributed by atoms with Crippen LogP contribution in [0.5, 0.6) is 11.5 Å². The van der Waals surface area contributed by atoms with Gasteiger partial charge in [0.15, 0.2) is 11.5 Å². The van der Waals surface area contributed by atoms with E-state index in [1.807, 2.05) is 6.07 Å². The number of hydrogen-bond donors (Lipinski definition) is 5. The molecule has 0 aromatic heterocycles. The van der Waals surface area contributed by atoms with Crippen LogP contribution in [0.3, 0.4) is 0 Å². The Morgan fingerprint density at radius 2 is 1.60 bits per heavy atom. The van der Waals surface area contributed by atoms with Gasteiger partial charge in [0.2, 0.25) is 0 Å². The maximum absolute atomic E-state index is 12.1. The molecule has 1 saturated heterocycles. The second kappa shape index (κ2) is 11.9. The van der Waals surface area contributed by atoms with Gasteiger partial charge in [0.25, 0.3) is 0 Å². The molecular weight excluding hydrogens is 514 g/mol. The third-order valence-corrected chi connectivity index (χ3v) is 10.3. The van der Waals surface area contributed by atoms with Crippen molar-refractivity contribution in [3.05, 3.63) is 23.3 Å². The summed E-state index contributed by atoms with van der Waals surface area (Å²) in [4.78, 5) is 22.8. The fourth-order valence-corrected chi connectivity index (χ4v) is 8.09. The number of carbonyl (C=O) groups is 2. The quantitative estimate of drug-likeness (QED) is 0.254. The Labute approximate surface area is 236 Å². The number of benzene rings is 1. The number of phenols is 1. The highest BCUT2D eigenvalue weighted by Gasteiger charge is 2.72. The second-order valence-corrected chi connectivity index (χ2v) is 12.7. The van der Waals surface area contributed by atoms with Crippen LogP contribution in [-0.2, 0) is 21.4 Å². The highest BCUT2D eigenvalue weighted by Crippen LogP contribution is 2.65. The van der Waals surface area contributed by atoms with Crippen LogP contribution in [0.25, 0.3) is 0 Å². The number of unbranched alkanes of at least 4 members (excludes halogenated alkanes) is 5. The molecule has 3 aliphatic carbocycles. The zero-order valence-corrected chi connectivity index (χ0v) is 23.4. The van der Waals surface area contributed by atoms with Gasteiger partial charge in [0.05, 0.1) is 17.1 Å². The Morgan fingerprint density at radius 1 is 0.950 bits per heavy atom. The number of likely N-dealkylation sites (tertiary alicyclic amines) is 1. The number of carboxylic acid groups (broad SMARTS) is 2. The molecule has 40 heavy (non-hydrogen) atoms. The van der Waals surface area contributed by atoms with E-state index in [1.54, 1.807) is 6.07 Å². The first-order valence-corrected chi connectivity index (χ1v) is 15.3. The normalized spacial score (nSPS) is 31.8. The number of piperidine rings is 1. The fourth-order valence-electron chi connectivity index (χ4n) is 8.09. The van der Waals surface area contributed by atoms with Gasteiger partial charge in [-0.1, -0.05) is 38.2 Å². The van der Waals surface area contributed by atoms with Gasteiger partial charge in [-0.15, -0.1) is 0 Å². The van der Waals surface area contributed by atoms with Gasteiger partial charge in [0.1, 0.15) is 6.10 Å². The molecule has 1 spiro atoms. The second-order valence-electron chi connectivity index (χ2n) is 12.7. The van der Waals surface area contributed by atoms with Crippen molar-refractivity contribution >= 4 is 11.9 Å². The minimum absolute atomic E-state index is 0.0819. The Hall–Kier alpha value is -2.36. The zero-order chi connectivity index (χ0) is 28.5. The zero-order valence-electron chi connectivity index (χ0n) is 23.4. The molecule has 5 atom stereocenters. The van der Waals surface area contributed by atoms with Crippen molar-refractivity contribution in [2.24, 2.45) is 5.92 Å². The SMILES string of the molecule is O=C(O)CCCCCCCCC(=O)O.Oc1ccc2c3c1O[C@H]1[C@@H](O)CC[C@@]4(O)[C@@H](C2)N(CC2CCC2)CC[C@]314. The lowest BCUT2D eigenvalue weighted by Crippen LogP contribution is -2.77. The smallest absolute Gasteiger partial charge is 0.303 e. The van der Waals surface area contributed by atoms with Crippen LogP contribution >= 0.6 is 0 Å². The van der Waals surface area contributed by atoms with Gasteiger partial charge < -0.3 is 30.3 Å². The van der Waals surface area contributed by atoms with Crippen molar-refractivity contribution in [1.29, 1.82) is 0 Å². The summed E-state index contributed by atoms with van der Waals surface area (Å²) < 4.78 is 6.16. The van der Waals surface area contributed by atoms with E-state index in [2.05, 4.69) is 4.90 Å². The van der Waals surface area contributed by atoms with Gasteiger partial charge in [-0.3, -0.25) is 14.5 Å². The molecule has 0 radical (unpaired) electrons. The molecule has 2 saturated carbocycles. The lowest BCUT2D eigenvalue weighted by atomic mass is 9.48. The molecule has 5 aliphatic rings. The largest absolute Gasteiger partial charge is 0.504 e.